The molecule has 16 heavy (non-hydrogen) atoms. The molecule has 0 aromatic heterocycles. The van der Waals surface area contributed by atoms with Crippen molar-refractivity contribution >= 4 is 0 Å². The van der Waals surface area contributed by atoms with E-state index in [1.54, 1.807) is 0 Å². The van der Waals surface area contributed by atoms with Crippen molar-refractivity contribution in [1.29, 1.82) is 0 Å². The second kappa shape index (κ2) is 4.58. The van der Waals surface area contributed by atoms with Crippen LogP contribution >= 0.6 is 0 Å². The van der Waals surface area contributed by atoms with Gasteiger partial charge in [0.15, 0.2) is 0 Å². The average molecular weight is 217 g/mol. The Morgan fingerprint density at radius 1 is 1.31 bits per heavy atom. The van der Waals surface area contributed by atoms with E-state index in [0.29, 0.717) is 0 Å². The van der Waals surface area contributed by atoms with Crippen LogP contribution in [0.2, 0.25) is 0 Å². The highest BCUT2D eigenvalue weighted by atomic mass is 14.7. The highest BCUT2D eigenvalue weighted by Crippen LogP contribution is 2.39. The Labute approximate surface area is 99.0 Å². The average Bonchev–Trinajstić information content (AvgIpc) is 2.29. The first-order valence-electron chi connectivity index (χ1n) is 6.50. The standard InChI is InChI=1S/C15H23N/c1-3-13-5-4-10-15(16,11-13)14-8-6-12(2)7-9-14/h6-9,13H,3-5,10-11,16H2,1-2H3. The molecule has 0 bridgehead atoms. The van der Waals surface area contributed by atoms with Gasteiger partial charge in [0.05, 0.1) is 0 Å². The van der Waals surface area contributed by atoms with E-state index in [1.165, 1.54) is 30.4 Å². The molecule has 0 amide bonds. The lowest BCUT2D eigenvalue weighted by Crippen LogP contribution is -2.41. The normalized spacial score (nSPS) is 30.3. The van der Waals surface area contributed by atoms with Gasteiger partial charge in [-0.25, -0.2) is 0 Å². The lowest BCUT2D eigenvalue weighted by molar-refractivity contribution is 0.221. The molecule has 1 aliphatic rings. The maximum atomic E-state index is 6.60. The highest BCUT2D eigenvalue weighted by molar-refractivity contribution is 5.28. The molecular weight excluding hydrogens is 194 g/mol. The molecule has 0 spiro atoms. The van der Waals surface area contributed by atoms with E-state index in [1.807, 2.05) is 0 Å². The van der Waals surface area contributed by atoms with Crippen LogP contribution in [0, 0.1) is 12.8 Å². The minimum atomic E-state index is -0.0629. The topological polar surface area (TPSA) is 26.0 Å². The Morgan fingerprint density at radius 2 is 2.00 bits per heavy atom. The van der Waals surface area contributed by atoms with Crippen molar-refractivity contribution in [3.63, 3.8) is 0 Å². The lowest BCUT2D eigenvalue weighted by atomic mass is 9.72. The molecule has 0 heterocycles. The number of hydrogen-bond donors (Lipinski definition) is 1. The Bertz CT molecular complexity index is 341. The maximum absolute atomic E-state index is 6.60. The summed E-state index contributed by atoms with van der Waals surface area (Å²) in [5, 5.41) is 0. The monoisotopic (exact) mass is 217 g/mol. The Morgan fingerprint density at radius 3 is 2.62 bits per heavy atom. The summed E-state index contributed by atoms with van der Waals surface area (Å²) in [6.07, 6.45) is 6.22. The molecule has 1 nitrogen and oxygen atoms in total. The molecule has 1 aromatic rings. The van der Waals surface area contributed by atoms with Crippen LogP contribution in [0.25, 0.3) is 0 Å². The van der Waals surface area contributed by atoms with E-state index >= 15 is 0 Å². The van der Waals surface area contributed by atoms with Gasteiger partial charge >= 0.3 is 0 Å². The van der Waals surface area contributed by atoms with Gasteiger partial charge in [-0.3, -0.25) is 0 Å². The van der Waals surface area contributed by atoms with Crippen molar-refractivity contribution in [2.75, 3.05) is 0 Å². The molecule has 1 heteroatoms. The number of aryl methyl sites for hydroxylation is 1. The summed E-state index contributed by atoms with van der Waals surface area (Å²) in [5.41, 5.74) is 9.18. The summed E-state index contributed by atoms with van der Waals surface area (Å²) in [6.45, 7) is 4.41. The van der Waals surface area contributed by atoms with Crippen LogP contribution in [0.4, 0.5) is 0 Å². The van der Waals surface area contributed by atoms with Gasteiger partial charge in [0.25, 0.3) is 0 Å². The van der Waals surface area contributed by atoms with E-state index in [-0.39, 0.29) is 5.54 Å². The summed E-state index contributed by atoms with van der Waals surface area (Å²) in [7, 11) is 0. The number of nitrogens with two attached hydrogens (primary N) is 1. The molecule has 0 saturated heterocycles. The molecule has 2 unspecified atom stereocenters. The molecule has 1 aliphatic carbocycles. The first-order valence-corrected chi connectivity index (χ1v) is 6.50. The van der Waals surface area contributed by atoms with E-state index in [9.17, 15) is 0 Å². The summed E-state index contributed by atoms with van der Waals surface area (Å²) >= 11 is 0. The minimum absolute atomic E-state index is 0.0629. The van der Waals surface area contributed by atoms with Crippen molar-refractivity contribution < 1.29 is 0 Å². The zero-order valence-electron chi connectivity index (χ0n) is 10.5. The van der Waals surface area contributed by atoms with Gasteiger partial charge in [0, 0.05) is 5.54 Å². The fraction of sp³-hybridized carbons (Fsp3) is 0.600. The van der Waals surface area contributed by atoms with Crippen LogP contribution in [0.15, 0.2) is 24.3 Å². The maximum Gasteiger partial charge on any atom is 0.0412 e. The summed E-state index contributed by atoms with van der Waals surface area (Å²) < 4.78 is 0. The fourth-order valence-corrected chi connectivity index (χ4v) is 2.92. The smallest absolute Gasteiger partial charge is 0.0412 e. The molecule has 2 atom stereocenters. The predicted molar refractivity (Wildman–Crippen MR) is 69.3 cm³/mol. The summed E-state index contributed by atoms with van der Waals surface area (Å²) in [6, 6.07) is 8.79. The van der Waals surface area contributed by atoms with E-state index in [2.05, 4.69) is 38.1 Å². The largest absolute Gasteiger partial charge is 0.321 e. The van der Waals surface area contributed by atoms with Crippen LogP contribution in [-0.4, -0.2) is 0 Å². The second-order valence-corrected chi connectivity index (χ2v) is 5.39. The van der Waals surface area contributed by atoms with E-state index in [4.69, 9.17) is 5.73 Å². The van der Waals surface area contributed by atoms with Crippen LogP contribution < -0.4 is 5.73 Å². The first kappa shape index (κ1) is 11.7. The number of rotatable bonds is 2. The van der Waals surface area contributed by atoms with Crippen molar-refractivity contribution in [1.82, 2.24) is 0 Å². The van der Waals surface area contributed by atoms with Gasteiger partial charge < -0.3 is 5.73 Å². The molecule has 2 N–H and O–H groups in total. The van der Waals surface area contributed by atoms with Crippen molar-refractivity contribution in [2.45, 2.75) is 51.5 Å². The molecular formula is C15H23N. The highest BCUT2D eigenvalue weighted by Gasteiger charge is 2.33. The third-order valence-corrected chi connectivity index (χ3v) is 4.09. The fourth-order valence-electron chi connectivity index (χ4n) is 2.92. The molecule has 0 aliphatic heterocycles. The Balaban J connectivity index is 2.20. The zero-order chi connectivity index (χ0) is 11.6. The van der Waals surface area contributed by atoms with Gasteiger partial charge in [-0.2, -0.15) is 0 Å². The summed E-state index contributed by atoms with van der Waals surface area (Å²) in [5.74, 6) is 0.819. The van der Waals surface area contributed by atoms with E-state index in [0.717, 1.165) is 18.8 Å². The molecule has 1 aromatic carbocycles. The van der Waals surface area contributed by atoms with Crippen molar-refractivity contribution in [3.8, 4) is 0 Å². The van der Waals surface area contributed by atoms with Crippen molar-refractivity contribution in [3.05, 3.63) is 35.4 Å². The Hall–Kier alpha value is -0.820. The van der Waals surface area contributed by atoms with Gasteiger partial charge in [0.2, 0.25) is 0 Å². The SMILES string of the molecule is CCC1CCCC(N)(c2ccc(C)cc2)C1. The van der Waals surface area contributed by atoms with Gasteiger partial charge in [-0.05, 0) is 31.2 Å². The van der Waals surface area contributed by atoms with Gasteiger partial charge in [0.1, 0.15) is 0 Å². The van der Waals surface area contributed by atoms with Crippen molar-refractivity contribution in [2.24, 2.45) is 11.7 Å². The molecule has 2 rings (SSSR count). The second-order valence-electron chi connectivity index (χ2n) is 5.39. The van der Waals surface area contributed by atoms with Gasteiger partial charge in [-0.1, -0.05) is 56.0 Å². The summed E-state index contributed by atoms with van der Waals surface area (Å²) in [4.78, 5) is 0. The molecule has 0 radical (unpaired) electrons. The van der Waals surface area contributed by atoms with E-state index < -0.39 is 0 Å². The third-order valence-electron chi connectivity index (χ3n) is 4.09. The first-order chi connectivity index (χ1) is 7.64. The van der Waals surface area contributed by atoms with Gasteiger partial charge in [-0.15, -0.1) is 0 Å². The predicted octanol–water partition coefficient (Wildman–Crippen LogP) is 3.75. The van der Waals surface area contributed by atoms with Crippen LogP contribution in [0.1, 0.15) is 50.2 Å². The third kappa shape index (κ3) is 2.30. The molecule has 1 fully saturated rings. The van der Waals surface area contributed by atoms with Crippen LogP contribution in [0.3, 0.4) is 0 Å². The zero-order valence-corrected chi connectivity index (χ0v) is 10.5. The van der Waals surface area contributed by atoms with Crippen LogP contribution in [0.5, 0.6) is 0 Å². The van der Waals surface area contributed by atoms with Crippen LogP contribution in [-0.2, 0) is 5.54 Å². The minimum Gasteiger partial charge on any atom is -0.321 e. The molecule has 88 valence electrons. The number of hydrogen-bond acceptors (Lipinski definition) is 1. The molecule has 1 saturated carbocycles. The lowest BCUT2D eigenvalue weighted by Gasteiger charge is -2.38. The number of benzene rings is 1. The Kier molecular flexibility index (Phi) is 3.34. The quantitative estimate of drug-likeness (QED) is 0.802.